The van der Waals surface area contributed by atoms with Crippen molar-refractivity contribution < 1.29 is 14.7 Å². The maximum Gasteiger partial charge on any atom is 0.326 e. The van der Waals surface area contributed by atoms with Crippen LogP contribution in [0.2, 0.25) is 0 Å². The summed E-state index contributed by atoms with van der Waals surface area (Å²) in [5, 5.41) is 9.38. The van der Waals surface area contributed by atoms with E-state index in [0.29, 0.717) is 18.8 Å². The van der Waals surface area contributed by atoms with Crippen LogP contribution in [0.5, 0.6) is 0 Å². The third-order valence-electron chi connectivity index (χ3n) is 4.83. The summed E-state index contributed by atoms with van der Waals surface area (Å²) in [6.07, 6.45) is 5.27. The van der Waals surface area contributed by atoms with Crippen LogP contribution in [0, 0.1) is 5.92 Å². The van der Waals surface area contributed by atoms with E-state index >= 15 is 0 Å². The number of likely N-dealkylation sites (tertiary alicyclic amines) is 1. The first-order valence-corrected chi connectivity index (χ1v) is 7.23. The van der Waals surface area contributed by atoms with Gasteiger partial charge in [-0.15, -0.1) is 0 Å². The van der Waals surface area contributed by atoms with E-state index in [1.54, 1.807) is 11.8 Å². The largest absolute Gasteiger partial charge is 0.480 e. The molecule has 5 nitrogen and oxygen atoms in total. The molecule has 2 aliphatic rings. The number of amides is 1. The molecular formula is C14H24N2O3. The van der Waals surface area contributed by atoms with Crippen LogP contribution in [0.4, 0.5) is 0 Å². The number of fused-ring (bicyclic) bond motifs is 1. The number of carboxylic acid groups (broad SMARTS) is 1. The first-order valence-electron chi connectivity index (χ1n) is 7.23. The molecule has 5 heteroatoms. The minimum absolute atomic E-state index is 0.0803. The zero-order valence-corrected chi connectivity index (χ0v) is 11.8. The average Bonchev–Trinajstić information content (AvgIpc) is 2.77. The van der Waals surface area contributed by atoms with Crippen LogP contribution in [-0.2, 0) is 9.59 Å². The summed E-state index contributed by atoms with van der Waals surface area (Å²) in [4.78, 5) is 25.6. The van der Waals surface area contributed by atoms with Crippen LogP contribution in [0.15, 0.2) is 0 Å². The Kier molecular flexibility index (Phi) is 3.85. The zero-order valence-electron chi connectivity index (χ0n) is 11.8. The van der Waals surface area contributed by atoms with Gasteiger partial charge in [0.2, 0.25) is 5.91 Å². The molecule has 1 aliphatic carbocycles. The van der Waals surface area contributed by atoms with Crippen molar-refractivity contribution in [2.45, 2.75) is 70.0 Å². The van der Waals surface area contributed by atoms with Gasteiger partial charge in [-0.3, -0.25) is 4.79 Å². The third kappa shape index (κ3) is 2.48. The van der Waals surface area contributed by atoms with Crippen molar-refractivity contribution in [1.29, 1.82) is 0 Å². The van der Waals surface area contributed by atoms with Crippen LogP contribution in [-0.4, -0.2) is 39.5 Å². The normalized spacial score (nSPS) is 33.6. The Bertz CT molecular complexity index is 381. The van der Waals surface area contributed by atoms with Gasteiger partial charge in [0.1, 0.15) is 6.04 Å². The fourth-order valence-corrected chi connectivity index (χ4v) is 3.42. The molecule has 1 saturated carbocycles. The second kappa shape index (κ2) is 5.12. The van der Waals surface area contributed by atoms with Gasteiger partial charge in [0.05, 0.1) is 5.54 Å². The Labute approximate surface area is 114 Å². The van der Waals surface area contributed by atoms with Crippen molar-refractivity contribution in [3.05, 3.63) is 0 Å². The van der Waals surface area contributed by atoms with E-state index in [-0.39, 0.29) is 11.9 Å². The quantitative estimate of drug-likeness (QED) is 0.809. The van der Waals surface area contributed by atoms with Crippen molar-refractivity contribution >= 4 is 11.9 Å². The van der Waals surface area contributed by atoms with Crippen LogP contribution < -0.4 is 5.73 Å². The Hall–Kier alpha value is -1.10. The zero-order chi connectivity index (χ0) is 14.2. The van der Waals surface area contributed by atoms with Crippen LogP contribution in [0.1, 0.15) is 52.4 Å². The topological polar surface area (TPSA) is 83.6 Å². The highest BCUT2D eigenvalue weighted by atomic mass is 16.4. The van der Waals surface area contributed by atoms with E-state index in [1.807, 2.05) is 6.92 Å². The number of rotatable bonds is 3. The van der Waals surface area contributed by atoms with Gasteiger partial charge in [0.25, 0.3) is 0 Å². The number of carbonyl (C=O) groups is 2. The van der Waals surface area contributed by atoms with E-state index in [2.05, 4.69) is 0 Å². The van der Waals surface area contributed by atoms with Gasteiger partial charge in [0.15, 0.2) is 0 Å². The molecule has 1 saturated heterocycles. The van der Waals surface area contributed by atoms with Gasteiger partial charge in [-0.2, -0.15) is 0 Å². The first kappa shape index (κ1) is 14.3. The number of aliphatic carboxylic acids is 1. The molecule has 1 heterocycles. The van der Waals surface area contributed by atoms with E-state index in [9.17, 15) is 14.7 Å². The van der Waals surface area contributed by atoms with Crippen molar-refractivity contribution in [2.24, 2.45) is 11.7 Å². The standard InChI is InChI=1S/C14H24N2O3/c1-3-14(2,15)13(19)16-10-7-5-4-6-9(10)8-11(16)12(17)18/h9-11H,3-8,15H2,1-2H3,(H,17,18). The summed E-state index contributed by atoms with van der Waals surface area (Å²) >= 11 is 0. The summed E-state index contributed by atoms with van der Waals surface area (Å²) in [6, 6.07) is -0.605. The summed E-state index contributed by atoms with van der Waals surface area (Å²) in [6.45, 7) is 3.56. The summed E-state index contributed by atoms with van der Waals surface area (Å²) in [7, 11) is 0. The third-order valence-corrected chi connectivity index (χ3v) is 4.83. The van der Waals surface area contributed by atoms with Gasteiger partial charge in [0, 0.05) is 6.04 Å². The average molecular weight is 268 g/mol. The lowest BCUT2D eigenvalue weighted by molar-refractivity contribution is -0.152. The second-order valence-electron chi connectivity index (χ2n) is 6.19. The first-order chi connectivity index (χ1) is 8.88. The lowest BCUT2D eigenvalue weighted by atomic mass is 9.84. The molecule has 2 rings (SSSR count). The van der Waals surface area contributed by atoms with Gasteiger partial charge < -0.3 is 15.7 Å². The Morgan fingerprint density at radius 1 is 1.37 bits per heavy atom. The molecule has 3 N–H and O–H groups in total. The highest BCUT2D eigenvalue weighted by Gasteiger charge is 2.50. The molecule has 0 aromatic heterocycles. The number of hydrogen-bond donors (Lipinski definition) is 2. The number of nitrogens with two attached hydrogens (primary N) is 1. The fraction of sp³-hybridized carbons (Fsp3) is 0.857. The van der Waals surface area contributed by atoms with Crippen molar-refractivity contribution in [3.8, 4) is 0 Å². The minimum atomic E-state index is -0.958. The van der Waals surface area contributed by atoms with Gasteiger partial charge >= 0.3 is 5.97 Å². The molecule has 0 aromatic rings. The molecule has 19 heavy (non-hydrogen) atoms. The molecule has 1 aliphatic heterocycles. The van der Waals surface area contributed by atoms with E-state index < -0.39 is 17.6 Å². The highest BCUT2D eigenvalue weighted by molar-refractivity contribution is 5.90. The van der Waals surface area contributed by atoms with Crippen LogP contribution in [0.25, 0.3) is 0 Å². The molecule has 0 bridgehead atoms. The van der Waals surface area contributed by atoms with E-state index in [4.69, 9.17) is 5.73 Å². The molecule has 4 atom stereocenters. The Morgan fingerprint density at radius 2 is 2.00 bits per heavy atom. The molecular weight excluding hydrogens is 244 g/mol. The molecule has 2 fully saturated rings. The lowest BCUT2D eigenvalue weighted by Crippen LogP contribution is -2.58. The van der Waals surface area contributed by atoms with Crippen LogP contribution in [0.3, 0.4) is 0 Å². The summed E-state index contributed by atoms with van der Waals surface area (Å²) < 4.78 is 0. The summed E-state index contributed by atoms with van der Waals surface area (Å²) in [5.41, 5.74) is 5.08. The fourth-order valence-electron chi connectivity index (χ4n) is 3.42. The van der Waals surface area contributed by atoms with Crippen molar-refractivity contribution in [2.75, 3.05) is 0 Å². The number of nitrogens with zero attached hydrogens (tertiary/aromatic N) is 1. The Morgan fingerprint density at radius 3 is 2.58 bits per heavy atom. The van der Waals surface area contributed by atoms with Gasteiger partial charge in [-0.05, 0) is 38.5 Å². The van der Waals surface area contributed by atoms with Crippen molar-refractivity contribution in [3.63, 3.8) is 0 Å². The maximum atomic E-state index is 12.6. The molecule has 4 unspecified atom stereocenters. The Balaban J connectivity index is 2.27. The minimum Gasteiger partial charge on any atom is -0.480 e. The van der Waals surface area contributed by atoms with E-state index in [0.717, 1.165) is 25.7 Å². The molecule has 0 spiro atoms. The monoisotopic (exact) mass is 268 g/mol. The van der Waals surface area contributed by atoms with Gasteiger partial charge in [-0.1, -0.05) is 19.8 Å². The molecule has 0 radical (unpaired) electrons. The second-order valence-corrected chi connectivity index (χ2v) is 6.19. The molecule has 108 valence electrons. The van der Waals surface area contributed by atoms with Gasteiger partial charge in [-0.25, -0.2) is 4.79 Å². The predicted octanol–water partition coefficient (Wildman–Crippen LogP) is 1.36. The lowest BCUT2D eigenvalue weighted by Gasteiger charge is -2.37. The van der Waals surface area contributed by atoms with Crippen LogP contribution >= 0.6 is 0 Å². The SMILES string of the molecule is CCC(C)(N)C(=O)N1C(C(=O)O)CC2CCCCC21. The maximum absolute atomic E-state index is 12.6. The smallest absolute Gasteiger partial charge is 0.326 e. The predicted molar refractivity (Wildman–Crippen MR) is 71.5 cm³/mol. The van der Waals surface area contributed by atoms with Crippen molar-refractivity contribution in [1.82, 2.24) is 4.90 Å². The molecule has 1 amide bonds. The summed E-state index contributed by atoms with van der Waals surface area (Å²) in [5.74, 6) is -0.752. The van der Waals surface area contributed by atoms with E-state index in [1.165, 1.54) is 0 Å². The number of hydrogen-bond acceptors (Lipinski definition) is 3. The molecule has 0 aromatic carbocycles. The number of carbonyl (C=O) groups excluding carboxylic acids is 1. The number of carboxylic acids is 1. The highest BCUT2D eigenvalue weighted by Crippen LogP contribution is 2.40.